The lowest BCUT2D eigenvalue weighted by Gasteiger charge is -2.26. The Morgan fingerprint density at radius 2 is 1.47 bits per heavy atom. The van der Waals surface area contributed by atoms with Gasteiger partial charge in [-0.2, -0.15) is 0 Å². The molecular formula is C13H25O2. The summed E-state index contributed by atoms with van der Waals surface area (Å²) in [5.74, 6) is -0.838. The van der Waals surface area contributed by atoms with Crippen LogP contribution in [0.4, 0.5) is 0 Å². The van der Waals surface area contributed by atoms with Gasteiger partial charge in [-0.05, 0) is 19.3 Å². The molecule has 0 saturated heterocycles. The maximum atomic E-state index is 11.2. The molecule has 1 atom stereocenters. The van der Waals surface area contributed by atoms with Gasteiger partial charge in [0.15, 0.2) is 0 Å². The van der Waals surface area contributed by atoms with Crippen molar-refractivity contribution < 1.29 is 9.90 Å². The van der Waals surface area contributed by atoms with E-state index in [9.17, 15) is 9.90 Å². The van der Waals surface area contributed by atoms with E-state index in [2.05, 4.69) is 13.8 Å². The Labute approximate surface area is 94.1 Å². The van der Waals surface area contributed by atoms with E-state index in [0.29, 0.717) is 6.42 Å². The normalized spacial score (nSPS) is 14.9. The Hall–Kier alpha value is -0.530. The zero-order chi connectivity index (χ0) is 11.7. The molecule has 0 fully saturated rings. The molecule has 0 aromatic heterocycles. The van der Waals surface area contributed by atoms with Gasteiger partial charge in [0, 0.05) is 0 Å². The molecule has 0 aliphatic heterocycles. The summed E-state index contributed by atoms with van der Waals surface area (Å²) in [5, 5.41) is 11.2. The van der Waals surface area contributed by atoms with Gasteiger partial charge in [0.05, 0.1) is 5.41 Å². The fraction of sp³-hybridized carbons (Fsp3) is 0.923. The topological polar surface area (TPSA) is 37.0 Å². The number of hydrogen-bond donors (Lipinski definition) is 0. The summed E-state index contributed by atoms with van der Waals surface area (Å²) in [6.07, 6.45) is 7.62. The molecule has 0 aliphatic rings. The number of rotatable bonds is 9. The molecule has 1 radical (unpaired) electrons. The van der Waals surface area contributed by atoms with Crippen LogP contribution in [0.2, 0.25) is 0 Å². The molecule has 89 valence electrons. The molecular weight excluding hydrogens is 188 g/mol. The molecule has 1 unspecified atom stereocenters. The number of carbonyl (C=O) groups is 1. The third kappa shape index (κ3) is 4.67. The fourth-order valence-electron chi connectivity index (χ4n) is 2.06. The molecule has 15 heavy (non-hydrogen) atoms. The van der Waals surface area contributed by atoms with Crippen LogP contribution in [0.25, 0.3) is 0 Å². The maximum Gasteiger partial charge on any atom is 0.361 e. The van der Waals surface area contributed by atoms with Crippen molar-refractivity contribution in [3.63, 3.8) is 0 Å². The molecule has 0 heterocycles. The number of unbranched alkanes of at least 4 members (excludes halogenated alkanes) is 3. The minimum atomic E-state index is -0.838. The summed E-state index contributed by atoms with van der Waals surface area (Å²) in [7, 11) is 0. The second kappa shape index (κ2) is 7.72. The summed E-state index contributed by atoms with van der Waals surface area (Å²) in [6.45, 7) is 6.21. The average Bonchev–Trinajstić information content (AvgIpc) is 2.23. The monoisotopic (exact) mass is 213 g/mol. The van der Waals surface area contributed by atoms with Crippen LogP contribution >= 0.6 is 0 Å². The van der Waals surface area contributed by atoms with Gasteiger partial charge >= 0.3 is 5.97 Å². The summed E-state index contributed by atoms with van der Waals surface area (Å²) < 4.78 is 0. The van der Waals surface area contributed by atoms with Crippen LogP contribution in [0.5, 0.6) is 0 Å². The van der Waals surface area contributed by atoms with Crippen LogP contribution in [0.1, 0.15) is 72.1 Å². The van der Waals surface area contributed by atoms with Crippen LogP contribution < -0.4 is 0 Å². The lowest BCUT2D eigenvalue weighted by molar-refractivity contribution is -0.157. The lowest BCUT2D eigenvalue weighted by Crippen LogP contribution is -2.29. The van der Waals surface area contributed by atoms with E-state index >= 15 is 0 Å². The van der Waals surface area contributed by atoms with Crippen LogP contribution in [0, 0.1) is 5.41 Å². The zero-order valence-electron chi connectivity index (χ0n) is 10.5. The summed E-state index contributed by atoms with van der Waals surface area (Å²) in [4.78, 5) is 11.2. The molecule has 0 amide bonds. The Morgan fingerprint density at radius 3 is 1.87 bits per heavy atom. The van der Waals surface area contributed by atoms with Gasteiger partial charge < -0.3 is 0 Å². The van der Waals surface area contributed by atoms with Crippen LogP contribution in [-0.4, -0.2) is 5.97 Å². The van der Waals surface area contributed by atoms with E-state index in [-0.39, 0.29) is 0 Å². The Morgan fingerprint density at radius 1 is 0.933 bits per heavy atom. The number of carbonyl (C=O) groups excluding carboxylic acids is 1. The second-order valence-electron chi connectivity index (χ2n) is 4.48. The molecule has 2 heteroatoms. The highest BCUT2D eigenvalue weighted by Crippen LogP contribution is 2.35. The smallest absolute Gasteiger partial charge is 0.247 e. The van der Waals surface area contributed by atoms with Crippen molar-refractivity contribution >= 4 is 5.97 Å². The minimum absolute atomic E-state index is 0.550. The minimum Gasteiger partial charge on any atom is -0.247 e. The summed E-state index contributed by atoms with van der Waals surface area (Å²) in [6, 6.07) is 0. The third-order valence-corrected chi connectivity index (χ3v) is 3.38. The quantitative estimate of drug-likeness (QED) is 0.531. The highest BCUT2D eigenvalue weighted by molar-refractivity contribution is 5.74. The van der Waals surface area contributed by atoms with Crippen molar-refractivity contribution in [2.75, 3.05) is 0 Å². The van der Waals surface area contributed by atoms with Gasteiger partial charge in [-0.1, -0.05) is 52.9 Å². The van der Waals surface area contributed by atoms with Gasteiger partial charge in [-0.25, -0.2) is 9.90 Å². The largest absolute Gasteiger partial charge is 0.361 e. The highest BCUT2D eigenvalue weighted by atomic mass is 16.4. The molecule has 2 nitrogen and oxygen atoms in total. The van der Waals surface area contributed by atoms with Crippen molar-refractivity contribution in [1.82, 2.24) is 0 Å². The zero-order valence-corrected chi connectivity index (χ0v) is 10.5. The lowest BCUT2D eigenvalue weighted by atomic mass is 9.76. The first-order valence-electron chi connectivity index (χ1n) is 6.34. The van der Waals surface area contributed by atoms with E-state index < -0.39 is 11.4 Å². The van der Waals surface area contributed by atoms with Gasteiger partial charge in [-0.15, -0.1) is 0 Å². The van der Waals surface area contributed by atoms with E-state index in [1.807, 2.05) is 6.92 Å². The predicted octanol–water partition coefficient (Wildman–Crippen LogP) is 4.11. The molecule has 0 aromatic rings. The first-order chi connectivity index (χ1) is 7.13. The SMILES string of the molecule is CCCCCC(CC)(CCCC)C([O])=O. The molecule has 0 bridgehead atoms. The van der Waals surface area contributed by atoms with E-state index in [0.717, 1.165) is 44.9 Å². The Kier molecular flexibility index (Phi) is 7.45. The first-order valence-corrected chi connectivity index (χ1v) is 6.34. The number of hydrogen-bond acceptors (Lipinski definition) is 1. The van der Waals surface area contributed by atoms with Crippen LogP contribution in [0.15, 0.2) is 0 Å². The first kappa shape index (κ1) is 14.5. The van der Waals surface area contributed by atoms with Crippen molar-refractivity contribution in [3.8, 4) is 0 Å². The summed E-state index contributed by atoms with van der Waals surface area (Å²) in [5.41, 5.74) is -0.550. The second-order valence-corrected chi connectivity index (χ2v) is 4.48. The molecule has 0 spiro atoms. The van der Waals surface area contributed by atoms with Crippen LogP contribution in [-0.2, 0) is 9.90 Å². The molecule has 0 aliphatic carbocycles. The predicted molar refractivity (Wildman–Crippen MR) is 62.1 cm³/mol. The molecule has 0 rings (SSSR count). The molecule has 0 aromatic carbocycles. The average molecular weight is 213 g/mol. The highest BCUT2D eigenvalue weighted by Gasteiger charge is 2.36. The van der Waals surface area contributed by atoms with Crippen molar-refractivity contribution in [3.05, 3.63) is 0 Å². The maximum absolute atomic E-state index is 11.2. The fourth-order valence-corrected chi connectivity index (χ4v) is 2.06. The summed E-state index contributed by atoms with van der Waals surface area (Å²) >= 11 is 0. The molecule has 0 N–H and O–H groups in total. The van der Waals surface area contributed by atoms with Gasteiger partial charge in [-0.3, -0.25) is 0 Å². The van der Waals surface area contributed by atoms with E-state index in [1.165, 1.54) is 0 Å². The Bertz CT molecular complexity index is 177. The van der Waals surface area contributed by atoms with Crippen molar-refractivity contribution in [2.45, 2.75) is 72.1 Å². The van der Waals surface area contributed by atoms with Gasteiger partial charge in [0.2, 0.25) is 0 Å². The van der Waals surface area contributed by atoms with Gasteiger partial charge in [0.25, 0.3) is 0 Å². The van der Waals surface area contributed by atoms with Crippen LogP contribution in [0.3, 0.4) is 0 Å². The standard InChI is InChI=1S/C13H25O2/c1-4-7-9-11-13(6-3,12(14)15)10-8-5-2/h4-11H2,1-3H3. The van der Waals surface area contributed by atoms with E-state index in [4.69, 9.17) is 0 Å². The molecule has 0 saturated carbocycles. The van der Waals surface area contributed by atoms with Gasteiger partial charge in [0.1, 0.15) is 0 Å². The third-order valence-electron chi connectivity index (χ3n) is 3.38. The van der Waals surface area contributed by atoms with Crippen molar-refractivity contribution in [1.29, 1.82) is 0 Å². The van der Waals surface area contributed by atoms with Crippen molar-refractivity contribution in [2.24, 2.45) is 5.41 Å². The van der Waals surface area contributed by atoms with E-state index in [1.54, 1.807) is 0 Å². The Balaban J connectivity index is 4.30.